The molecule has 4 atom stereocenters. The topological polar surface area (TPSA) is 93.3 Å². The van der Waals surface area contributed by atoms with Crippen molar-refractivity contribution in [3.05, 3.63) is 53.6 Å². The van der Waals surface area contributed by atoms with Crippen LogP contribution in [0.5, 0.6) is 0 Å². The number of allylic oxidation sites excluding steroid dienone is 1. The Balaban J connectivity index is 1.42. The molecule has 5 heterocycles. The first-order valence-corrected chi connectivity index (χ1v) is 15.7. The Labute approximate surface area is 257 Å². The highest BCUT2D eigenvalue weighted by molar-refractivity contribution is 5.94. The zero-order chi connectivity index (χ0) is 31.5. The summed E-state index contributed by atoms with van der Waals surface area (Å²) >= 11 is 0. The van der Waals surface area contributed by atoms with Crippen molar-refractivity contribution in [2.75, 3.05) is 52.9 Å². The molecule has 0 aliphatic carbocycles. The van der Waals surface area contributed by atoms with Crippen LogP contribution in [-0.4, -0.2) is 114 Å². The predicted molar refractivity (Wildman–Crippen MR) is 159 cm³/mol. The predicted octanol–water partition coefficient (Wildman–Crippen LogP) is 3.40. The highest BCUT2D eigenvalue weighted by Crippen LogP contribution is 2.35. The lowest BCUT2D eigenvalue weighted by Crippen LogP contribution is -2.61. The van der Waals surface area contributed by atoms with Gasteiger partial charge in [0, 0.05) is 69.4 Å². The number of urea groups is 1. The Morgan fingerprint density at radius 1 is 1.14 bits per heavy atom. The van der Waals surface area contributed by atoms with Gasteiger partial charge in [-0.25, -0.2) is 4.79 Å². The standard InChI is InChI=1S/C31H44F3N7O3/c1-4-24-21-39(29(43)41-15-7-6-10-26(41)31(32,33)34)17-18-40(24)25-11-13-30(44-5-2,22-9-8-14-35-19-22)37-27(25)28(42)36-23-12-16-38(3)20-23/h8-9,11,13-14,19,23-24,26,37H,4-7,10,12,15-18,20-21H2,1-3H3,(H,36,42)/t23-,24+,26-,30?/m0/s1. The van der Waals surface area contributed by atoms with Crippen molar-refractivity contribution in [2.24, 2.45) is 0 Å². The number of dihydropyridines is 1. The molecule has 2 N–H and O–H groups in total. The minimum Gasteiger partial charge on any atom is -0.363 e. The maximum Gasteiger partial charge on any atom is 0.408 e. The van der Waals surface area contributed by atoms with Gasteiger partial charge in [-0.1, -0.05) is 13.0 Å². The number of pyridine rings is 1. The normalized spacial score (nSPS) is 28.3. The van der Waals surface area contributed by atoms with Gasteiger partial charge in [0.2, 0.25) is 0 Å². The summed E-state index contributed by atoms with van der Waals surface area (Å²) < 4.78 is 47.6. The van der Waals surface area contributed by atoms with Crippen molar-refractivity contribution in [1.29, 1.82) is 0 Å². The zero-order valence-corrected chi connectivity index (χ0v) is 25.8. The van der Waals surface area contributed by atoms with Crippen molar-refractivity contribution in [2.45, 2.75) is 76.0 Å². The molecule has 0 spiro atoms. The molecule has 4 aliphatic rings. The highest BCUT2D eigenvalue weighted by atomic mass is 19.4. The maximum atomic E-state index is 14.0. The number of ether oxygens (including phenoxy) is 1. The minimum atomic E-state index is -4.46. The number of likely N-dealkylation sites (N-methyl/N-ethyl adjacent to an activating group) is 1. The van der Waals surface area contributed by atoms with Crippen molar-refractivity contribution in [3.63, 3.8) is 0 Å². The van der Waals surface area contributed by atoms with Crippen molar-refractivity contribution >= 4 is 11.9 Å². The third-order valence-corrected chi connectivity index (χ3v) is 9.12. The third-order valence-electron chi connectivity index (χ3n) is 9.12. The van der Waals surface area contributed by atoms with Gasteiger partial charge in [0.05, 0.1) is 5.70 Å². The van der Waals surface area contributed by atoms with Crippen LogP contribution in [0.1, 0.15) is 51.5 Å². The number of hydrogen-bond donors (Lipinski definition) is 2. The average molecular weight is 620 g/mol. The van der Waals surface area contributed by atoms with Gasteiger partial charge in [-0.2, -0.15) is 13.2 Å². The fourth-order valence-electron chi connectivity index (χ4n) is 6.82. The molecular weight excluding hydrogens is 575 g/mol. The number of piperidine rings is 1. The number of alkyl halides is 3. The molecule has 0 bridgehead atoms. The summed E-state index contributed by atoms with van der Waals surface area (Å²) in [4.78, 5) is 38.5. The van der Waals surface area contributed by atoms with Crippen molar-refractivity contribution < 1.29 is 27.5 Å². The molecule has 10 nitrogen and oxygen atoms in total. The second-order valence-electron chi connectivity index (χ2n) is 12.1. The summed E-state index contributed by atoms with van der Waals surface area (Å²) in [5.41, 5.74) is 0.640. The number of likely N-dealkylation sites (tertiary alicyclic amines) is 2. The Morgan fingerprint density at radius 3 is 2.61 bits per heavy atom. The van der Waals surface area contributed by atoms with E-state index < -0.39 is 24.0 Å². The second-order valence-corrected chi connectivity index (χ2v) is 12.1. The number of hydrogen-bond acceptors (Lipinski definition) is 7. The first-order valence-electron chi connectivity index (χ1n) is 15.7. The number of rotatable bonds is 7. The van der Waals surface area contributed by atoms with Crippen LogP contribution in [0.2, 0.25) is 0 Å². The van der Waals surface area contributed by atoms with E-state index in [0.717, 1.165) is 30.0 Å². The molecule has 44 heavy (non-hydrogen) atoms. The van der Waals surface area contributed by atoms with E-state index >= 15 is 0 Å². The number of piperazine rings is 1. The second kappa shape index (κ2) is 13.4. The first-order chi connectivity index (χ1) is 21.1. The van der Waals surface area contributed by atoms with Crippen LogP contribution in [0.4, 0.5) is 18.0 Å². The summed E-state index contributed by atoms with van der Waals surface area (Å²) in [7, 11) is 2.02. The summed E-state index contributed by atoms with van der Waals surface area (Å²) in [6.07, 6.45) is 5.12. The Hall–Kier alpha value is -3.32. The number of halogens is 3. The van der Waals surface area contributed by atoms with E-state index in [1.54, 1.807) is 17.3 Å². The van der Waals surface area contributed by atoms with Crippen LogP contribution in [0.15, 0.2) is 48.1 Å². The number of aromatic nitrogens is 1. The van der Waals surface area contributed by atoms with Crippen molar-refractivity contribution in [1.82, 2.24) is 35.2 Å². The molecule has 13 heteroatoms. The number of nitrogens with one attached hydrogen (secondary N) is 2. The van der Waals surface area contributed by atoms with E-state index in [1.165, 1.54) is 0 Å². The monoisotopic (exact) mass is 619 g/mol. The van der Waals surface area contributed by atoms with Crippen LogP contribution in [0.25, 0.3) is 0 Å². The van der Waals surface area contributed by atoms with E-state index in [9.17, 15) is 22.8 Å². The lowest BCUT2D eigenvalue weighted by atomic mass is 9.97. The van der Waals surface area contributed by atoms with E-state index in [2.05, 4.69) is 25.4 Å². The van der Waals surface area contributed by atoms with Gasteiger partial charge in [-0.3, -0.25) is 9.78 Å². The van der Waals surface area contributed by atoms with E-state index in [-0.39, 0.29) is 44.0 Å². The molecule has 3 fully saturated rings. The maximum absolute atomic E-state index is 14.0. The molecule has 1 unspecified atom stereocenters. The summed E-state index contributed by atoms with van der Waals surface area (Å²) in [6, 6.07) is 1.18. The molecular formula is C31H44F3N7O3. The third kappa shape index (κ3) is 6.68. The van der Waals surface area contributed by atoms with Gasteiger partial charge in [0.25, 0.3) is 5.91 Å². The van der Waals surface area contributed by atoms with E-state index in [4.69, 9.17) is 4.74 Å². The van der Waals surface area contributed by atoms with Gasteiger partial charge in [0.1, 0.15) is 11.7 Å². The minimum absolute atomic E-state index is 0.00333. The van der Waals surface area contributed by atoms with Gasteiger partial charge >= 0.3 is 12.2 Å². The molecule has 1 aromatic rings. The molecule has 242 valence electrons. The van der Waals surface area contributed by atoms with Gasteiger partial charge in [-0.15, -0.1) is 0 Å². The molecule has 3 saturated heterocycles. The number of amides is 3. The fourth-order valence-corrected chi connectivity index (χ4v) is 6.82. The number of carbonyl (C=O) groups excluding carboxylic acids is 2. The lowest BCUT2D eigenvalue weighted by molar-refractivity contribution is -0.184. The van der Waals surface area contributed by atoms with Gasteiger partial charge < -0.3 is 35.0 Å². The molecule has 0 saturated carbocycles. The fraction of sp³-hybridized carbons (Fsp3) is 0.645. The molecule has 0 aromatic carbocycles. The Morgan fingerprint density at radius 2 is 1.95 bits per heavy atom. The highest BCUT2D eigenvalue weighted by Gasteiger charge is 2.48. The zero-order valence-electron chi connectivity index (χ0n) is 25.8. The van der Waals surface area contributed by atoms with Crippen LogP contribution >= 0.6 is 0 Å². The van der Waals surface area contributed by atoms with Crippen molar-refractivity contribution in [3.8, 4) is 0 Å². The van der Waals surface area contributed by atoms with Crippen LogP contribution < -0.4 is 10.6 Å². The van der Waals surface area contributed by atoms with E-state index in [1.807, 2.05) is 45.2 Å². The largest absolute Gasteiger partial charge is 0.408 e. The quantitative estimate of drug-likeness (QED) is 0.484. The summed E-state index contributed by atoms with van der Waals surface area (Å²) in [5, 5.41) is 6.61. The van der Waals surface area contributed by atoms with Gasteiger partial charge in [0.15, 0.2) is 5.72 Å². The van der Waals surface area contributed by atoms with Crippen LogP contribution in [0.3, 0.4) is 0 Å². The molecule has 5 rings (SSSR count). The van der Waals surface area contributed by atoms with E-state index in [0.29, 0.717) is 43.8 Å². The van der Waals surface area contributed by atoms with Gasteiger partial charge in [-0.05, 0) is 70.8 Å². The Bertz CT molecular complexity index is 1240. The summed E-state index contributed by atoms with van der Waals surface area (Å²) in [6.45, 7) is 6.86. The molecule has 4 aliphatic heterocycles. The molecule has 1 aromatic heterocycles. The lowest BCUT2D eigenvalue weighted by Gasteiger charge is -2.47. The van der Waals surface area contributed by atoms with Crippen LogP contribution in [-0.2, 0) is 15.3 Å². The summed E-state index contributed by atoms with van der Waals surface area (Å²) in [5.74, 6) is -0.257. The van der Waals surface area contributed by atoms with Crippen LogP contribution in [0, 0.1) is 0 Å². The first kappa shape index (κ1) is 32.1. The number of nitrogens with zero attached hydrogens (tertiary/aromatic N) is 5. The smallest absolute Gasteiger partial charge is 0.363 e. The Kier molecular flexibility index (Phi) is 9.74. The average Bonchev–Trinajstić information content (AvgIpc) is 3.44. The molecule has 0 radical (unpaired) electrons. The number of carbonyl (C=O) groups is 2. The SMILES string of the molecule is CCOC1(c2cccnc2)C=CC(N2CCN(C(=O)N3CCCC[C@H]3C(F)(F)F)C[C@H]2CC)=C(C(=O)N[C@H]2CCN(C)C2)N1. The molecule has 3 amide bonds.